The Bertz CT molecular complexity index is 332. The molecule has 1 heterocycles. The third-order valence-corrected chi connectivity index (χ3v) is 4.44. The Morgan fingerprint density at radius 3 is 2.71 bits per heavy atom. The predicted octanol–water partition coefficient (Wildman–Crippen LogP) is 2.85. The summed E-state index contributed by atoms with van der Waals surface area (Å²) in [4.78, 5) is 4.65. The minimum atomic E-state index is -0.113. The molecule has 2 atom stereocenters. The number of rotatable bonds is 2. The SMILES string of the molecule is CC(C)c1csc(C2(N)CCC2C)n1. The van der Waals surface area contributed by atoms with Gasteiger partial charge in [-0.1, -0.05) is 20.8 Å². The number of thiazole rings is 1. The molecule has 0 bridgehead atoms. The van der Waals surface area contributed by atoms with Gasteiger partial charge in [-0.25, -0.2) is 4.98 Å². The highest BCUT2D eigenvalue weighted by atomic mass is 32.1. The molecule has 1 aromatic heterocycles. The van der Waals surface area contributed by atoms with Crippen molar-refractivity contribution < 1.29 is 0 Å². The zero-order chi connectivity index (χ0) is 10.3. The molecule has 14 heavy (non-hydrogen) atoms. The van der Waals surface area contributed by atoms with Crippen molar-refractivity contribution in [2.75, 3.05) is 0 Å². The molecular formula is C11H18N2S. The number of nitrogens with zero attached hydrogens (tertiary/aromatic N) is 1. The van der Waals surface area contributed by atoms with Gasteiger partial charge in [0.2, 0.25) is 0 Å². The number of hydrogen-bond acceptors (Lipinski definition) is 3. The Labute approximate surface area is 89.5 Å². The highest BCUT2D eigenvalue weighted by Gasteiger charge is 2.44. The Morgan fingerprint density at radius 2 is 2.36 bits per heavy atom. The van der Waals surface area contributed by atoms with Crippen molar-refractivity contribution in [3.63, 3.8) is 0 Å². The summed E-state index contributed by atoms with van der Waals surface area (Å²) in [5.41, 5.74) is 7.40. The van der Waals surface area contributed by atoms with E-state index in [1.54, 1.807) is 11.3 Å². The summed E-state index contributed by atoms with van der Waals surface area (Å²) in [6.45, 7) is 6.57. The first-order valence-corrected chi connectivity index (χ1v) is 6.17. The van der Waals surface area contributed by atoms with Crippen molar-refractivity contribution in [1.82, 2.24) is 4.98 Å². The first-order chi connectivity index (χ1) is 6.54. The summed E-state index contributed by atoms with van der Waals surface area (Å²) in [5.74, 6) is 1.10. The van der Waals surface area contributed by atoms with Crippen LogP contribution >= 0.6 is 11.3 Å². The molecule has 2 rings (SSSR count). The summed E-state index contributed by atoms with van der Waals surface area (Å²) < 4.78 is 0. The van der Waals surface area contributed by atoms with Crippen LogP contribution in [0.3, 0.4) is 0 Å². The third kappa shape index (κ3) is 1.39. The molecule has 2 N–H and O–H groups in total. The van der Waals surface area contributed by atoms with Gasteiger partial charge in [-0.05, 0) is 24.7 Å². The number of nitrogens with two attached hydrogens (primary N) is 1. The van der Waals surface area contributed by atoms with E-state index in [-0.39, 0.29) is 5.54 Å². The van der Waals surface area contributed by atoms with Gasteiger partial charge in [-0.15, -0.1) is 11.3 Å². The van der Waals surface area contributed by atoms with E-state index in [1.807, 2.05) is 0 Å². The van der Waals surface area contributed by atoms with Gasteiger partial charge >= 0.3 is 0 Å². The van der Waals surface area contributed by atoms with Crippen molar-refractivity contribution in [3.05, 3.63) is 16.1 Å². The van der Waals surface area contributed by atoms with E-state index >= 15 is 0 Å². The van der Waals surface area contributed by atoms with Crippen LogP contribution < -0.4 is 5.73 Å². The van der Waals surface area contributed by atoms with Crippen LogP contribution in [-0.2, 0) is 5.54 Å². The second kappa shape index (κ2) is 3.31. The van der Waals surface area contributed by atoms with Crippen molar-refractivity contribution >= 4 is 11.3 Å². The minimum Gasteiger partial charge on any atom is -0.319 e. The minimum absolute atomic E-state index is 0.113. The lowest BCUT2D eigenvalue weighted by Gasteiger charge is -2.43. The summed E-state index contributed by atoms with van der Waals surface area (Å²) in [5, 5.41) is 3.29. The summed E-state index contributed by atoms with van der Waals surface area (Å²) in [6.07, 6.45) is 2.34. The molecule has 0 spiro atoms. The zero-order valence-corrected chi connectivity index (χ0v) is 9.90. The number of aromatic nitrogens is 1. The molecule has 0 aromatic carbocycles. The van der Waals surface area contributed by atoms with Crippen molar-refractivity contribution in [2.24, 2.45) is 11.7 Å². The van der Waals surface area contributed by atoms with Crippen LogP contribution in [-0.4, -0.2) is 4.98 Å². The van der Waals surface area contributed by atoms with Gasteiger partial charge in [-0.3, -0.25) is 0 Å². The van der Waals surface area contributed by atoms with Crippen LogP contribution in [0.25, 0.3) is 0 Å². The Kier molecular flexibility index (Phi) is 2.40. The second-order valence-electron chi connectivity index (χ2n) is 4.71. The Balaban J connectivity index is 2.25. The van der Waals surface area contributed by atoms with Gasteiger partial charge in [0.15, 0.2) is 0 Å². The molecule has 2 nitrogen and oxygen atoms in total. The van der Waals surface area contributed by atoms with E-state index in [0.717, 1.165) is 11.4 Å². The summed E-state index contributed by atoms with van der Waals surface area (Å²) >= 11 is 1.73. The van der Waals surface area contributed by atoms with Gasteiger partial charge in [0.1, 0.15) is 5.01 Å². The van der Waals surface area contributed by atoms with E-state index in [4.69, 9.17) is 5.73 Å². The Hall–Kier alpha value is -0.410. The van der Waals surface area contributed by atoms with Crippen LogP contribution in [0.4, 0.5) is 0 Å². The largest absolute Gasteiger partial charge is 0.319 e. The van der Waals surface area contributed by atoms with E-state index in [9.17, 15) is 0 Å². The topological polar surface area (TPSA) is 38.9 Å². The second-order valence-corrected chi connectivity index (χ2v) is 5.57. The van der Waals surface area contributed by atoms with E-state index in [2.05, 4.69) is 31.1 Å². The van der Waals surface area contributed by atoms with Crippen LogP contribution in [0.2, 0.25) is 0 Å². The van der Waals surface area contributed by atoms with E-state index in [0.29, 0.717) is 11.8 Å². The standard InChI is InChI=1S/C11H18N2S/c1-7(2)9-6-14-10(13-9)11(12)5-4-8(11)3/h6-8H,4-5,12H2,1-3H3. The lowest BCUT2D eigenvalue weighted by atomic mass is 9.69. The summed E-state index contributed by atoms with van der Waals surface area (Å²) in [6, 6.07) is 0. The van der Waals surface area contributed by atoms with Crippen LogP contribution in [0.5, 0.6) is 0 Å². The van der Waals surface area contributed by atoms with Crippen molar-refractivity contribution in [3.8, 4) is 0 Å². The lowest BCUT2D eigenvalue weighted by molar-refractivity contribution is 0.144. The smallest absolute Gasteiger partial charge is 0.113 e. The fourth-order valence-corrected chi connectivity index (χ4v) is 3.06. The average molecular weight is 210 g/mol. The molecule has 1 aromatic rings. The average Bonchev–Trinajstić information content (AvgIpc) is 2.63. The Morgan fingerprint density at radius 1 is 1.64 bits per heavy atom. The number of hydrogen-bond donors (Lipinski definition) is 1. The molecule has 1 aliphatic rings. The molecule has 0 saturated heterocycles. The van der Waals surface area contributed by atoms with Crippen LogP contribution in [0, 0.1) is 5.92 Å². The van der Waals surface area contributed by atoms with Gasteiger partial charge in [-0.2, -0.15) is 0 Å². The maximum atomic E-state index is 6.33. The fourth-order valence-electron chi connectivity index (χ4n) is 1.83. The van der Waals surface area contributed by atoms with Gasteiger partial charge in [0.25, 0.3) is 0 Å². The molecule has 0 radical (unpaired) electrons. The molecular weight excluding hydrogens is 192 g/mol. The van der Waals surface area contributed by atoms with Crippen LogP contribution in [0.15, 0.2) is 5.38 Å². The highest BCUT2D eigenvalue weighted by molar-refractivity contribution is 7.09. The van der Waals surface area contributed by atoms with Gasteiger partial charge in [0, 0.05) is 5.38 Å². The molecule has 0 amide bonds. The normalized spacial score (nSPS) is 31.9. The zero-order valence-electron chi connectivity index (χ0n) is 9.08. The first-order valence-electron chi connectivity index (χ1n) is 5.29. The lowest BCUT2D eigenvalue weighted by Crippen LogP contribution is -2.50. The molecule has 78 valence electrons. The first kappa shape index (κ1) is 10.1. The van der Waals surface area contributed by atoms with E-state index in [1.165, 1.54) is 12.1 Å². The van der Waals surface area contributed by atoms with E-state index < -0.39 is 0 Å². The maximum absolute atomic E-state index is 6.33. The molecule has 3 heteroatoms. The fraction of sp³-hybridized carbons (Fsp3) is 0.727. The molecule has 0 aliphatic heterocycles. The molecule has 1 fully saturated rings. The molecule has 2 unspecified atom stereocenters. The highest BCUT2D eigenvalue weighted by Crippen LogP contribution is 2.45. The van der Waals surface area contributed by atoms with Gasteiger partial charge < -0.3 is 5.73 Å². The summed E-state index contributed by atoms with van der Waals surface area (Å²) in [7, 11) is 0. The van der Waals surface area contributed by atoms with Crippen LogP contribution in [0.1, 0.15) is 50.2 Å². The predicted molar refractivity (Wildman–Crippen MR) is 60.5 cm³/mol. The third-order valence-electron chi connectivity index (χ3n) is 3.38. The molecule has 1 saturated carbocycles. The van der Waals surface area contributed by atoms with Crippen molar-refractivity contribution in [2.45, 2.75) is 45.1 Å². The maximum Gasteiger partial charge on any atom is 0.113 e. The molecule has 1 aliphatic carbocycles. The monoisotopic (exact) mass is 210 g/mol. The quantitative estimate of drug-likeness (QED) is 0.815. The van der Waals surface area contributed by atoms with Crippen molar-refractivity contribution in [1.29, 1.82) is 0 Å². The van der Waals surface area contributed by atoms with Gasteiger partial charge in [0.05, 0.1) is 11.2 Å².